The highest BCUT2D eigenvalue weighted by Gasteiger charge is 2.52. The molecule has 1 atom stereocenters. The summed E-state index contributed by atoms with van der Waals surface area (Å²) in [5.74, 6) is -1.12. The summed E-state index contributed by atoms with van der Waals surface area (Å²) in [6.45, 7) is 1.84. The number of fused-ring (bicyclic) bond motifs is 1. The van der Waals surface area contributed by atoms with Crippen molar-refractivity contribution < 1.29 is 9.59 Å². The van der Waals surface area contributed by atoms with Crippen LogP contribution in [0.2, 0.25) is 5.02 Å². The third kappa shape index (κ3) is 2.74. The molecule has 5 N–H and O–H groups in total. The van der Waals surface area contributed by atoms with Crippen molar-refractivity contribution in [1.29, 1.82) is 0 Å². The smallest absolute Gasteiger partial charge is 0.272 e. The molecule has 2 aromatic carbocycles. The summed E-state index contributed by atoms with van der Waals surface area (Å²) in [4.78, 5) is 37.3. The number of carbonyl (C=O) groups excluding carboxylic acids is 2. The van der Waals surface area contributed by atoms with E-state index in [1.54, 1.807) is 31.2 Å². The van der Waals surface area contributed by atoms with Gasteiger partial charge in [0.2, 0.25) is 5.54 Å². The number of rotatable bonds is 4. The fourth-order valence-corrected chi connectivity index (χ4v) is 3.43. The van der Waals surface area contributed by atoms with E-state index in [1.807, 2.05) is 18.2 Å². The number of para-hydroxylation sites is 2. The molecular weight excluding hydrogens is 380 g/mol. The molecule has 142 valence electrons. The van der Waals surface area contributed by atoms with Gasteiger partial charge in [-0.05, 0) is 36.8 Å². The van der Waals surface area contributed by atoms with Crippen LogP contribution in [0.3, 0.4) is 0 Å². The van der Waals surface area contributed by atoms with Crippen LogP contribution in [0.1, 0.15) is 11.4 Å². The molecule has 3 aromatic rings. The van der Waals surface area contributed by atoms with Crippen LogP contribution in [-0.2, 0) is 15.1 Å². The number of hydrogen-bond acceptors (Lipinski definition) is 5. The van der Waals surface area contributed by atoms with E-state index in [0.29, 0.717) is 21.8 Å². The molecule has 0 spiro atoms. The van der Waals surface area contributed by atoms with Gasteiger partial charge in [-0.25, -0.2) is 4.98 Å². The quantitative estimate of drug-likeness (QED) is 0.537. The topological polar surface area (TPSA) is 125 Å². The number of H-pyrrole nitrogens is 1. The highest BCUT2D eigenvalue weighted by molar-refractivity contribution is 6.50. The van der Waals surface area contributed by atoms with E-state index in [-0.39, 0.29) is 18.2 Å². The molecule has 0 saturated heterocycles. The number of anilines is 1. The van der Waals surface area contributed by atoms with Crippen LogP contribution in [0.5, 0.6) is 0 Å². The van der Waals surface area contributed by atoms with Gasteiger partial charge >= 0.3 is 0 Å². The van der Waals surface area contributed by atoms with Crippen molar-refractivity contribution in [3.8, 4) is 0 Å². The molecule has 8 nitrogen and oxygen atoms in total. The predicted molar refractivity (Wildman–Crippen MR) is 107 cm³/mol. The molecule has 4 rings (SSSR count). The van der Waals surface area contributed by atoms with Crippen LogP contribution in [0.4, 0.5) is 5.69 Å². The third-order valence-corrected chi connectivity index (χ3v) is 5.19. The maximum atomic E-state index is 13.0. The summed E-state index contributed by atoms with van der Waals surface area (Å²) < 4.78 is 0. The van der Waals surface area contributed by atoms with Gasteiger partial charge in [0.05, 0.1) is 17.7 Å². The van der Waals surface area contributed by atoms with Crippen LogP contribution in [0.15, 0.2) is 47.5 Å². The van der Waals surface area contributed by atoms with Gasteiger partial charge in [0.25, 0.3) is 11.8 Å². The molecule has 2 amide bonds. The van der Waals surface area contributed by atoms with Crippen LogP contribution in [0.25, 0.3) is 11.0 Å². The highest BCUT2D eigenvalue weighted by Crippen LogP contribution is 2.28. The minimum Gasteiger partial charge on any atom is -0.367 e. The van der Waals surface area contributed by atoms with E-state index in [2.05, 4.69) is 25.6 Å². The number of hydrogen-bond donors (Lipinski definition) is 4. The molecule has 1 aromatic heterocycles. The lowest BCUT2D eigenvalue weighted by Gasteiger charge is -2.25. The van der Waals surface area contributed by atoms with Crippen molar-refractivity contribution in [2.45, 2.75) is 12.5 Å². The molecule has 1 aliphatic heterocycles. The minimum atomic E-state index is -1.66. The van der Waals surface area contributed by atoms with E-state index in [0.717, 1.165) is 5.52 Å². The maximum absolute atomic E-state index is 13.0. The number of nitrogens with two attached hydrogens (primary N) is 1. The Morgan fingerprint density at radius 2 is 2.00 bits per heavy atom. The molecule has 1 aliphatic rings. The fourth-order valence-electron chi connectivity index (χ4n) is 3.25. The monoisotopic (exact) mass is 396 g/mol. The van der Waals surface area contributed by atoms with Gasteiger partial charge < -0.3 is 16.0 Å². The number of carbonyl (C=O) groups is 2. The molecule has 0 saturated carbocycles. The zero-order valence-corrected chi connectivity index (χ0v) is 15.7. The first-order valence-electron chi connectivity index (χ1n) is 8.55. The number of nitrogens with zero attached hydrogens (tertiary/aromatic N) is 2. The zero-order chi connectivity index (χ0) is 19.9. The van der Waals surface area contributed by atoms with Crippen molar-refractivity contribution in [1.82, 2.24) is 15.3 Å². The van der Waals surface area contributed by atoms with Crippen LogP contribution < -0.4 is 16.4 Å². The molecule has 0 fully saturated rings. The Morgan fingerprint density at radius 1 is 1.21 bits per heavy atom. The Hall–Kier alpha value is -3.23. The van der Waals surface area contributed by atoms with Gasteiger partial charge in [-0.2, -0.15) is 0 Å². The van der Waals surface area contributed by atoms with Gasteiger partial charge in [0.15, 0.2) is 0 Å². The second-order valence-electron chi connectivity index (χ2n) is 6.42. The van der Waals surface area contributed by atoms with Crippen LogP contribution >= 0.6 is 11.6 Å². The van der Waals surface area contributed by atoms with Crippen molar-refractivity contribution >= 4 is 45.8 Å². The van der Waals surface area contributed by atoms with Gasteiger partial charge in [0.1, 0.15) is 11.5 Å². The zero-order valence-electron chi connectivity index (χ0n) is 14.9. The van der Waals surface area contributed by atoms with Crippen molar-refractivity contribution in [3.63, 3.8) is 0 Å². The average molecular weight is 397 g/mol. The first-order chi connectivity index (χ1) is 13.4. The van der Waals surface area contributed by atoms with Crippen molar-refractivity contribution in [2.24, 2.45) is 10.7 Å². The number of aromatic amines is 1. The number of amides is 2. The lowest BCUT2D eigenvalue weighted by atomic mass is 9.91. The lowest BCUT2D eigenvalue weighted by molar-refractivity contribution is -0.123. The molecule has 1 unspecified atom stereocenters. The number of benzene rings is 2. The number of nitrogens with one attached hydrogen (secondary N) is 3. The first-order valence-corrected chi connectivity index (χ1v) is 8.93. The van der Waals surface area contributed by atoms with Crippen LogP contribution in [0, 0.1) is 6.92 Å². The summed E-state index contributed by atoms with van der Waals surface area (Å²) in [6.07, 6.45) is 0. The SMILES string of the molecule is Cc1c(Cl)cccc1NC(=O)C1=NCNC1(C(N)=O)c1nc2ccccc2[nH]1. The summed E-state index contributed by atoms with van der Waals surface area (Å²) in [7, 11) is 0. The average Bonchev–Trinajstić information content (AvgIpc) is 3.30. The van der Waals surface area contributed by atoms with E-state index in [9.17, 15) is 9.59 Å². The van der Waals surface area contributed by atoms with Crippen LogP contribution in [-0.4, -0.2) is 34.2 Å². The minimum absolute atomic E-state index is 0.0528. The van der Waals surface area contributed by atoms with Gasteiger partial charge in [0, 0.05) is 10.7 Å². The Balaban J connectivity index is 1.75. The number of halogens is 1. The first kappa shape index (κ1) is 18.1. The molecule has 2 heterocycles. The molecule has 0 radical (unpaired) electrons. The maximum Gasteiger partial charge on any atom is 0.272 e. The molecular formula is C19H17ClN6O2. The van der Waals surface area contributed by atoms with E-state index in [1.165, 1.54) is 0 Å². The summed E-state index contributed by atoms with van der Waals surface area (Å²) in [6, 6.07) is 12.5. The molecule has 9 heteroatoms. The van der Waals surface area contributed by atoms with Crippen molar-refractivity contribution in [3.05, 3.63) is 58.9 Å². The number of aliphatic imine (C=N–C) groups is 1. The Labute approximate surface area is 165 Å². The summed E-state index contributed by atoms with van der Waals surface area (Å²) in [5.41, 5.74) is 6.60. The van der Waals surface area contributed by atoms with E-state index >= 15 is 0 Å². The summed E-state index contributed by atoms with van der Waals surface area (Å²) >= 11 is 6.12. The Kier molecular flexibility index (Phi) is 4.37. The van der Waals surface area contributed by atoms with Gasteiger partial charge in [-0.1, -0.05) is 29.8 Å². The van der Waals surface area contributed by atoms with Gasteiger partial charge in [-0.15, -0.1) is 0 Å². The largest absolute Gasteiger partial charge is 0.367 e. The summed E-state index contributed by atoms with van der Waals surface area (Å²) in [5, 5.41) is 6.21. The standard InChI is InChI=1S/C19H17ClN6O2/c1-10-11(20)5-4-8-12(10)24-16(27)15-19(17(21)28,23-9-22-15)18-25-13-6-2-3-7-14(13)26-18/h2-8,23H,9H2,1H3,(H2,21,28)(H,24,27)(H,25,26). The second kappa shape index (κ2) is 6.74. The van der Waals surface area contributed by atoms with Crippen molar-refractivity contribution in [2.75, 3.05) is 12.0 Å². The van der Waals surface area contributed by atoms with Gasteiger partial charge in [-0.3, -0.25) is 19.9 Å². The normalized spacial score (nSPS) is 18.9. The highest BCUT2D eigenvalue weighted by atomic mass is 35.5. The predicted octanol–water partition coefficient (Wildman–Crippen LogP) is 1.85. The number of primary amides is 1. The fraction of sp³-hybridized carbons (Fsp3) is 0.158. The van der Waals surface area contributed by atoms with E-state index < -0.39 is 17.4 Å². The Morgan fingerprint density at radius 3 is 2.75 bits per heavy atom. The number of aromatic nitrogens is 2. The third-order valence-electron chi connectivity index (χ3n) is 4.78. The lowest BCUT2D eigenvalue weighted by Crippen LogP contribution is -2.58. The molecule has 0 bridgehead atoms. The molecule has 28 heavy (non-hydrogen) atoms. The number of imidazole rings is 1. The molecule has 0 aliphatic carbocycles. The van der Waals surface area contributed by atoms with E-state index in [4.69, 9.17) is 17.3 Å². The Bertz CT molecular complexity index is 1110. The second-order valence-corrected chi connectivity index (χ2v) is 6.83.